The predicted octanol–water partition coefficient (Wildman–Crippen LogP) is 1.50. The number of ether oxygens (including phenoxy) is 1. The fourth-order valence-electron chi connectivity index (χ4n) is 0.920. The lowest BCUT2D eigenvalue weighted by molar-refractivity contribution is -0.142. The van der Waals surface area contributed by atoms with Crippen molar-refractivity contribution in [3.63, 3.8) is 0 Å². The first-order valence-electron chi connectivity index (χ1n) is 4.78. The highest BCUT2D eigenvalue weighted by atomic mass is 16.5. The molecule has 0 amide bonds. The van der Waals surface area contributed by atoms with Gasteiger partial charge in [0.25, 0.3) is 0 Å². The molecule has 0 spiro atoms. The summed E-state index contributed by atoms with van der Waals surface area (Å²) >= 11 is 0. The SMILES string of the molecule is C=CCCCNCCC(=O)OCC. The number of rotatable bonds is 8. The number of nitrogens with one attached hydrogen (secondary N) is 1. The molecular formula is C10H19NO2. The molecule has 0 bridgehead atoms. The van der Waals surface area contributed by atoms with Gasteiger partial charge >= 0.3 is 5.97 Å². The Hall–Kier alpha value is -0.830. The van der Waals surface area contributed by atoms with Gasteiger partial charge in [0.1, 0.15) is 0 Å². The van der Waals surface area contributed by atoms with E-state index in [1.54, 1.807) is 0 Å². The molecule has 0 saturated heterocycles. The van der Waals surface area contributed by atoms with Gasteiger partial charge in [0.15, 0.2) is 0 Å². The summed E-state index contributed by atoms with van der Waals surface area (Å²) in [5.74, 6) is -0.126. The lowest BCUT2D eigenvalue weighted by Crippen LogP contribution is -2.20. The molecule has 0 saturated carbocycles. The second-order valence-corrected chi connectivity index (χ2v) is 2.74. The van der Waals surface area contributed by atoms with Crippen molar-refractivity contribution >= 4 is 5.97 Å². The van der Waals surface area contributed by atoms with E-state index in [4.69, 9.17) is 4.74 Å². The summed E-state index contributed by atoms with van der Waals surface area (Å²) in [6.07, 6.45) is 4.45. The molecule has 0 aliphatic rings. The first-order chi connectivity index (χ1) is 6.31. The molecule has 0 aromatic heterocycles. The van der Waals surface area contributed by atoms with Crippen LogP contribution in [0.2, 0.25) is 0 Å². The Morgan fingerprint density at radius 2 is 2.31 bits per heavy atom. The highest BCUT2D eigenvalue weighted by Gasteiger charge is 1.98. The van der Waals surface area contributed by atoms with E-state index in [2.05, 4.69) is 11.9 Å². The molecule has 0 radical (unpaired) electrons. The second kappa shape index (κ2) is 9.26. The van der Waals surface area contributed by atoms with Crippen LogP contribution in [0.25, 0.3) is 0 Å². The number of allylic oxidation sites excluding steroid dienone is 1. The minimum absolute atomic E-state index is 0.126. The van der Waals surface area contributed by atoms with Crippen LogP contribution in [0.4, 0.5) is 0 Å². The van der Waals surface area contributed by atoms with E-state index in [0.29, 0.717) is 19.6 Å². The van der Waals surface area contributed by atoms with Crippen LogP contribution in [-0.2, 0) is 9.53 Å². The van der Waals surface area contributed by atoms with Crippen LogP contribution in [0.1, 0.15) is 26.2 Å². The number of hydrogen-bond donors (Lipinski definition) is 1. The summed E-state index contributed by atoms with van der Waals surface area (Å²) in [7, 11) is 0. The first-order valence-corrected chi connectivity index (χ1v) is 4.78. The van der Waals surface area contributed by atoms with Gasteiger partial charge in [-0.15, -0.1) is 6.58 Å². The first kappa shape index (κ1) is 12.2. The molecule has 0 heterocycles. The molecule has 0 aliphatic heterocycles. The maximum Gasteiger partial charge on any atom is 0.307 e. The lowest BCUT2D eigenvalue weighted by atomic mass is 10.3. The summed E-state index contributed by atoms with van der Waals surface area (Å²) in [6.45, 7) is 7.55. The Kier molecular flexibility index (Phi) is 8.67. The van der Waals surface area contributed by atoms with E-state index >= 15 is 0 Å². The normalized spacial score (nSPS) is 9.62. The van der Waals surface area contributed by atoms with Gasteiger partial charge in [-0.05, 0) is 26.3 Å². The number of esters is 1. The molecule has 0 rings (SSSR count). The Morgan fingerprint density at radius 3 is 2.92 bits per heavy atom. The molecule has 3 nitrogen and oxygen atoms in total. The van der Waals surface area contributed by atoms with Crippen LogP contribution in [0, 0.1) is 0 Å². The van der Waals surface area contributed by atoms with Gasteiger partial charge < -0.3 is 10.1 Å². The highest BCUT2D eigenvalue weighted by Crippen LogP contribution is 1.87. The van der Waals surface area contributed by atoms with E-state index in [1.165, 1.54) is 0 Å². The topological polar surface area (TPSA) is 38.3 Å². The third kappa shape index (κ3) is 9.08. The molecule has 0 aromatic carbocycles. The predicted molar refractivity (Wildman–Crippen MR) is 53.6 cm³/mol. The van der Waals surface area contributed by atoms with Crippen molar-refractivity contribution < 1.29 is 9.53 Å². The monoisotopic (exact) mass is 185 g/mol. The molecule has 1 N–H and O–H groups in total. The van der Waals surface area contributed by atoms with Crippen molar-refractivity contribution in [3.05, 3.63) is 12.7 Å². The minimum Gasteiger partial charge on any atom is -0.466 e. The maximum atomic E-state index is 10.9. The van der Waals surface area contributed by atoms with E-state index in [1.807, 2.05) is 13.0 Å². The average molecular weight is 185 g/mol. The van der Waals surface area contributed by atoms with Gasteiger partial charge in [-0.3, -0.25) is 4.79 Å². The number of unbranched alkanes of at least 4 members (excludes halogenated alkanes) is 1. The summed E-state index contributed by atoms with van der Waals surface area (Å²) < 4.78 is 4.77. The van der Waals surface area contributed by atoms with Crippen LogP contribution >= 0.6 is 0 Å². The molecule has 0 unspecified atom stereocenters. The van der Waals surface area contributed by atoms with Gasteiger partial charge in [0.2, 0.25) is 0 Å². The van der Waals surface area contributed by atoms with Crippen molar-refractivity contribution in [2.24, 2.45) is 0 Å². The summed E-state index contributed by atoms with van der Waals surface area (Å²) in [5, 5.41) is 3.16. The lowest BCUT2D eigenvalue weighted by Gasteiger charge is -2.03. The van der Waals surface area contributed by atoms with Crippen molar-refractivity contribution in [3.8, 4) is 0 Å². The molecule has 0 aromatic rings. The number of carbonyl (C=O) groups is 1. The van der Waals surface area contributed by atoms with Crippen LogP contribution < -0.4 is 5.32 Å². The van der Waals surface area contributed by atoms with Gasteiger partial charge in [0.05, 0.1) is 13.0 Å². The smallest absolute Gasteiger partial charge is 0.307 e. The average Bonchev–Trinajstić information content (AvgIpc) is 2.11. The van der Waals surface area contributed by atoms with E-state index < -0.39 is 0 Å². The molecule has 76 valence electrons. The zero-order valence-electron chi connectivity index (χ0n) is 8.34. The molecule has 3 heteroatoms. The van der Waals surface area contributed by atoms with E-state index in [9.17, 15) is 4.79 Å². The van der Waals surface area contributed by atoms with Gasteiger partial charge in [-0.25, -0.2) is 0 Å². The molecule has 13 heavy (non-hydrogen) atoms. The minimum atomic E-state index is -0.126. The van der Waals surface area contributed by atoms with Crippen molar-refractivity contribution in [1.29, 1.82) is 0 Å². The standard InChI is InChI=1S/C10H19NO2/c1-3-5-6-8-11-9-7-10(12)13-4-2/h3,11H,1,4-9H2,2H3. The third-order valence-corrected chi connectivity index (χ3v) is 1.57. The molecule has 0 atom stereocenters. The highest BCUT2D eigenvalue weighted by molar-refractivity contribution is 5.69. The van der Waals surface area contributed by atoms with Crippen molar-refractivity contribution in [1.82, 2.24) is 5.32 Å². The molecular weight excluding hydrogens is 166 g/mol. The quantitative estimate of drug-likeness (QED) is 0.354. The number of carbonyl (C=O) groups excluding carboxylic acids is 1. The fourth-order valence-corrected chi connectivity index (χ4v) is 0.920. The van der Waals surface area contributed by atoms with Gasteiger partial charge in [-0.2, -0.15) is 0 Å². The zero-order valence-corrected chi connectivity index (χ0v) is 8.34. The maximum absolute atomic E-state index is 10.9. The Labute approximate surface area is 80.2 Å². The Bertz CT molecular complexity index is 146. The zero-order chi connectivity index (χ0) is 9.94. The summed E-state index contributed by atoms with van der Waals surface area (Å²) in [4.78, 5) is 10.9. The third-order valence-electron chi connectivity index (χ3n) is 1.57. The Morgan fingerprint density at radius 1 is 1.54 bits per heavy atom. The fraction of sp³-hybridized carbons (Fsp3) is 0.700. The van der Waals surface area contributed by atoms with Crippen LogP contribution in [-0.4, -0.2) is 25.7 Å². The van der Waals surface area contributed by atoms with Crippen LogP contribution in [0.5, 0.6) is 0 Å². The summed E-state index contributed by atoms with van der Waals surface area (Å²) in [5.41, 5.74) is 0. The van der Waals surface area contributed by atoms with E-state index in [0.717, 1.165) is 19.4 Å². The summed E-state index contributed by atoms with van der Waals surface area (Å²) in [6, 6.07) is 0. The van der Waals surface area contributed by atoms with Crippen molar-refractivity contribution in [2.75, 3.05) is 19.7 Å². The van der Waals surface area contributed by atoms with Crippen LogP contribution in [0.15, 0.2) is 12.7 Å². The van der Waals surface area contributed by atoms with E-state index in [-0.39, 0.29) is 5.97 Å². The molecule has 0 aliphatic carbocycles. The second-order valence-electron chi connectivity index (χ2n) is 2.74. The van der Waals surface area contributed by atoms with Crippen LogP contribution in [0.3, 0.4) is 0 Å². The Balaban J connectivity index is 3.06. The van der Waals surface area contributed by atoms with Gasteiger partial charge in [-0.1, -0.05) is 6.08 Å². The molecule has 0 fully saturated rings. The number of hydrogen-bond acceptors (Lipinski definition) is 3. The van der Waals surface area contributed by atoms with Gasteiger partial charge in [0, 0.05) is 6.54 Å². The largest absolute Gasteiger partial charge is 0.466 e. The van der Waals surface area contributed by atoms with Crippen molar-refractivity contribution in [2.45, 2.75) is 26.2 Å².